The Morgan fingerprint density at radius 3 is 1.55 bits per heavy atom. The van der Waals surface area contributed by atoms with E-state index in [-0.39, 0.29) is 11.7 Å². The van der Waals surface area contributed by atoms with Crippen LogP contribution in [0.5, 0.6) is 0 Å². The minimum Gasteiger partial charge on any atom is -0.356 e. The Hall–Kier alpha value is -0.620. The Balaban J connectivity index is 3.37. The van der Waals surface area contributed by atoms with Crippen molar-refractivity contribution in [3.63, 3.8) is 0 Å². The number of rotatable bonds is 26. The predicted octanol–water partition coefficient (Wildman–Crippen LogP) is 7.25. The molecule has 6 heteroatoms. The van der Waals surface area contributed by atoms with Gasteiger partial charge in [-0.3, -0.25) is 4.79 Å². The quantitative estimate of drug-likeness (QED) is 0.126. The summed E-state index contributed by atoms with van der Waals surface area (Å²) in [5, 5.41) is 2.97. The van der Waals surface area contributed by atoms with Gasteiger partial charge in [0.25, 0.3) is 0 Å². The number of carbonyl (C=O) groups is 1. The van der Waals surface area contributed by atoms with Crippen molar-refractivity contribution in [1.29, 1.82) is 0 Å². The number of amides is 1. The van der Waals surface area contributed by atoms with E-state index in [1.807, 2.05) is 0 Å². The summed E-state index contributed by atoms with van der Waals surface area (Å²) < 4.78 is 26.9. The van der Waals surface area contributed by atoms with Crippen LogP contribution in [0, 0.1) is 0 Å². The molecule has 0 aliphatic heterocycles. The lowest BCUT2D eigenvalue weighted by atomic mass is 10.1. The molecule has 0 saturated carbocycles. The summed E-state index contributed by atoms with van der Waals surface area (Å²) in [5.74, 6) is 0.471. The largest absolute Gasteiger partial charge is 0.356 e. The van der Waals surface area contributed by atoms with Crippen molar-refractivity contribution in [3.8, 4) is 0 Å². The Labute approximate surface area is 206 Å². The molecule has 0 aromatic carbocycles. The van der Waals surface area contributed by atoms with Crippen LogP contribution in [0.1, 0.15) is 149 Å². The van der Waals surface area contributed by atoms with Crippen molar-refractivity contribution < 1.29 is 13.2 Å². The minimum absolute atomic E-state index is 0.194. The maximum absolute atomic E-state index is 12.1. The molecular formula is C27H56N2O3S. The first kappa shape index (κ1) is 32.4. The molecule has 198 valence electrons. The zero-order chi connectivity index (χ0) is 24.5. The average molecular weight is 489 g/mol. The lowest BCUT2D eigenvalue weighted by Crippen LogP contribution is -2.27. The Bertz CT molecular complexity index is 523. The molecule has 1 amide bonds. The molecule has 0 heterocycles. The Morgan fingerprint density at radius 1 is 0.545 bits per heavy atom. The molecule has 0 aliphatic rings. The number of nitrogens with one attached hydrogen (secondary N) is 2. The van der Waals surface area contributed by atoms with Crippen molar-refractivity contribution in [2.45, 2.75) is 149 Å². The highest BCUT2D eigenvalue weighted by atomic mass is 32.2. The summed E-state index contributed by atoms with van der Waals surface area (Å²) in [4.78, 5) is 11.6. The van der Waals surface area contributed by atoms with Gasteiger partial charge in [-0.25, -0.2) is 13.1 Å². The van der Waals surface area contributed by atoms with Gasteiger partial charge in [-0.15, -0.1) is 0 Å². The zero-order valence-corrected chi connectivity index (χ0v) is 22.9. The van der Waals surface area contributed by atoms with Crippen molar-refractivity contribution in [2.24, 2.45) is 0 Å². The van der Waals surface area contributed by atoms with E-state index in [1.54, 1.807) is 0 Å². The molecule has 0 atom stereocenters. The van der Waals surface area contributed by atoms with E-state index >= 15 is 0 Å². The third kappa shape index (κ3) is 25.8. The molecule has 0 saturated heterocycles. The topological polar surface area (TPSA) is 75.3 Å². The Morgan fingerprint density at radius 2 is 1.00 bits per heavy atom. The van der Waals surface area contributed by atoms with Gasteiger partial charge in [0.2, 0.25) is 15.9 Å². The van der Waals surface area contributed by atoms with E-state index in [0.717, 1.165) is 70.8 Å². The molecule has 0 unspecified atom stereocenters. The smallest absolute Gasteiger partial charge is 0.219 e. The molecule has 0 spiro atoms. The molecule has 0 aromatic rings. The minimum atomic E-state index is -3.09. The standard InChI is InChI=1S/C27H56N2O3S/c1-3-5-7-8-9-10-13-16-19-22-26-33(31,32)29-25-21-18-15-12-11-14-17-20-23-27(30)28-24-6-4-2/h29H,3-26H2,1-2H3,(H,28,30). The third-order valence-corrected chi connectivity index (χ3v) is 7.74. The van der Waals surface area contributed by atoms with E-state index in [0.29, 0.717) is 13.0 Å². The summed E-state index contributed by atoms with van der Waals surface area (Å²) >= 11 is 0. The number of unbranched alkanes of at least 4 members (excludes halogenated alkanes) is 17. The molecule has 0 aromatic heterocycles. The highest BCUT2D eigenvalue weighted by Crippen LogP contribution is 2.11. The van der Waals surface area contributed by atoms with Crippen molar-refractivity contribution in [2.75, 3.05) is 18.8 Å². The number of hydrogen-bond acceptors (Lipinski definition) is 3. The molecule has 0 fully saturated rings. The SMILES string of the molecule is CCCCCCCCCCCCS(=O)(=O)NCCCCCCCCCCC(=O)NCCCC. The fraction of sp³-hybridized carbons (Fsp3) is 0.963. The summed E-state index contributed by atoms with van der Waals surface area (Å²) in [6, 6.07) is 0. The molecular weight excluding hydrogens is 432 g/mol. The summed E-state index contributed by atoms with van der Waals surface area (Å²) in [5.41, 5.74) is 0. The van der Waals surface area contributed by atoms with Crippen LogP contribution in [0.25, 0.3) is 0 Å². The van der Waals surface area contributed by atoms with Crippen molar-refractivity contribution in [3.05, 3.63) is 0 Å². The number of sulfonamides is 1. The predicted molar refractivity (Wildman–Crippen MR) is 143 cm³/mol. The molecule has 0 aliphatic carbocycles. The van der Waals surface area contributed by atoms with E-state index in [2.05, 4.69) is 23.9 Å². The van der Waals surface area contributed by atoms with Crippen LogP contribution in [-0.4, -0.2) is 33.2 Å². The highest BCUT2D eigenvalue weighted by molar-refractivity contribution is 7.89. The first-order chi connectivity index (χ1) is 16.0. The second kappa shape index (κ2) is 24.5. The Kier molecular flexibility index (Phi) is 24.0. The second-order valence-electron chi connectivity index (χ2n) is 9.68. The van der Waals surface area contributed by atoms with E-state index in [4.69, 9.17) is 0 Å². The van der Waals surface area contributed by atoms with Crippen LogP contribution in [0.15, 0.2) is 0 Å². The van der Waals surface area contributed by atoms with Gasteiger partial charge in [0.15, 0.2) is 0 Å². The van der Waals surface area contributed by atoms with Crippen LogP contribution >= 0.6 is 0 Å². The van der Waals surface area contributed by atoms with Crippen molar-refractivity contribution >= 4 is 15.9 Å². The van der Waals surface area contributed by atoms with Crippen LogP contribution < -0.4 is 10.0 Å². The zero-order valence-electron chi connectivity index (χ0n) is 22.1. The number of hydrogen-bond donors (Lipinski definition) is 2. The highest BCUT2D eigenvalue weighted by Gasteiger charge is 2.08. The van der Waals surface area contributed by atoms with Gasteiger partial charge in [0.05, 0.1) is 5.75 Å². The van der Waals surface area contributed by atoms with Gasteiger partial charge in [-0.1, -0.05) is 117 Å². The van der Waals surface area contributed by atoms with Gasteiger partial charge in [-0.05, 0) is 25.7 Å². The van der Waals surface area contributed by atoms with Gasteiger partial charge in [-0.2, -0.15) is 0 Å². The summed E-state index contributed by atoms with van der Waals surface area (Å²) in [6.45, 7) is 5.76. The van der Waals surface area contributed by atoms with Crippen LogP contribution in [0.4, 0.5) is 0 Å². The van der Waals surface area contributed by atoms with Crippen molar-refractivity contribution in [1.82, 2.24) is 10.0 Å². The lowest BCUT2D eigenvalue weighted by molar-refractivity contribution is -0.121. The fourth-order valence-corrected chi connectivity index (χ4v) is 5.23. The molecule has 0 bridgehead atoms. The fourth-order valence-electron chi connectivity index (χ4n) is 4.04. The molecule has 2 N–H and O–H groups in total. The average Bonchev–Trinajstić information content (AvgIpc) is 2.78. The van der Waals surface area contributed by atoms with Gasteiger partial charge >= 0.3 is 0 Å². The van der Waals surface area contributed by atoms with E-state index < -0.39 is 10.0 Å². The maximum atomic E-state index is 12.1. The summed E-state index contributed by atoms with van der Waals surface area (Å²) in [6.07, 6.45) is 23.9. The second-order valence-corrected chi connectivity index (χ2v) is 11.6. The van der Waals surface area contributed by atoms with Gasteiger partial charge in [0, 0.05) is 19.5 Å². The maximum Gasteiger partial charge on any atom is 0.219 e. The molecule has 5 nitrogen and oxygen atoms in total. The normalized spacial score (nSPS) is 11.7. The first-order valence-electron chi connectivity index (χ1n) is 14.3. The molecule has 0 radical (unpaired) electrons. The monoisotopic (exact) mass is 488 g/mol. The van der Waals surface area contributed by atoms with Crippen LogP contribution in [0.3, 0.4) is 0 Å². The van der Waals surface area contributed by atoms with E-state index in [9.17, 15) is 13.2 Å². The summed E-state index contributed by atoms with van der Waals surface area (Å²) in [7, 11) is -3.09. The van der Waals surface area contributed by atoms with Crippen LogP contribution in [-0.2, 0) is 14.8 Å². The lowest BCUT2D eigenvalue weighted by Gasteiger charge is -2.07. The van der Waals surface area contributed by atoms with Gasteiger partial charge in [0.1, 0.15) is 0 Å². The first-order valence-corrected chi connectivity index (χ1v) is 15.9. The number of carbonyl (C=O) groups excluding carboxylic acids is 1. The van der Waals surface area contributed by atoms with E-state index in [1.165, 1.54) is 64.2 Å². The molecule has 0 rings (SSSR count). The van der Waals surface area contributed by atoms with Gasteiger partial charge < -0.3 is 5.32 Å². The third-order valence-electron chi connectivity index (χ3n) is 6.27. The molecule has 33 heavy (non-hydrogen) atoms. The van der Waals surface area contributed by atoms with Crippen LogP contribution in [0.2, 0.25) is 0 Å².